The summed E-state index contributed by atoms with van der Waals surface area (Å²) in [6.45, 7) is 5.80. The standard InChI is InChI=1S/C20H23ClN2O3/c1-3-11-10-23-7-6-12(11)8-16(23)18(24)17-14-9-13(26-2)4-5-15(14)22-20(21)19(17)25/h3-5,9,11-12,16,18,24-25H,1,6-8,10H2,2H3/t11-,12?,16-,18-/m0/s1. The van der Waals surface area contributed by atoms with Gasteiger partial charge < -0.3 is 14.9 Å². The molecule has 3 aliphatic heterocycles. The fourth-order valence-corrected chi connectivity index (χ4v) is 4.74. The molecule has 3 saturated heterocycles. The normalized spacial score (nSPS) is 28.9. The molecule has 5 rings (SSSR count). The lowest BCUT2D eigenvalue weighted by Crippen LogP contribution is -2.54. The van der Waals surface area contributed by atoms with Gasteiger partial charge in [0.05, 0.1) is 18.7 Å². The number of aromatic hydroxyl groups is 1. The van der Waals surface area contributed by atoms with Crippen LogP contribution in [-0.2, 0) is 0 Å². The second kappa shape index (κ2) is 6.72. The lowest BCUT2D eigenvalue weighted by Gasteiger charge is -2.50. The number of aromatic nitrogens is 1. The summed E-state index contributed by atoms with van der Waals surface area (Å²) in [6.07, 6.45) is 3.18. The van der Waals surface area contributed by atoms with Crippen LogP contribution in [0.5, 0.6) is 11.5 Å². The van der Waals surface area contributed by atoms with Gasteiger partial charge in [0.25, 0.3) is 0 Å². The van der Waals surface area contributed by atoms with Crippen LogP contribution < -0.4 is 4.74 Å². The van der Waals surface area contributed by atoms with Crippen LogP contribution in [0.25, 0.3) is 10.9 Å². The van der Waals surface area contributed by atoms with E-state index in [1.54, 1.807) is 25.3 Å². The minimum absolute atomic E-state index is 0.0108. The Kier molecular flexibility index (Phi) is 4.55. The van der Waals surface area contributed by atoms with Crippen LogP contribution in [0.3, 0.4) is 0 Å². The van der Waals surface area contributed by atoms with Crippen molar-refractivity contribution >= 4 is 22.5 Å². The zero-order chi connectivity index (χ0) is 18.4. The summed E-state index contributed by atoms with van der Waals surface area (Å²) < 4.78 is 5.31. The van der Waals surface area contributed by atoms with Gasteiger partial charge in [-0.1, -0.05) is 17.7 Å². The first-order valence-corrected chi connectivity index (χ1v) is 9.32. The van der Waals surface area contributed by atoms with E-state index in [2.05, 4.69) is 16.5 Å². The van der Waals surface area contributed by atoms with E-state index in [4.69, 9.17) is 16.3 Å². The van der Waals surface area contributed by atoms with Crippen molar-refractivity contribution in [2.75, 3.05) is 20.2 Å². The Bertz CT molecular complexity index is 857. The van der Waals surface area contributed by atoms with Crippen LogP contribution in [-0.4, -0.2) is 46.3 Å². The number of hydrogen-bond acceptors (Lipinski definition) is 5. The summed E-state index contributed by atoms with van der Waals surface area (Å²) in [5.41, 5.74) is 1.06. The molecule has 0 amide bonds. The number of ether oxygens (including phenoxy) is 1. The molecular formula is C20H23ClN2O3. The predicted molar refractivity (Wildman–Crippen MR) is 102 cm³/mol. The molecule has 0 spiro atoms. The maximum atomic E-state index is 11.2. The summed E-state index contributed by atoms with van der Waals surface area (Å²) >= 11 is 6.14. The first-order chi connectivity index (χ1) is 12.5. The third-order valence-electron chi connectivity index (χ3n) is 5.98. The van der Waals surface area contributed by atoms with Crippen LogP contribution in [0.1, 0.15) is 24.5 Å². The number of pyridine rings is 1. The van der Waals surface area contributed by atoms with Gasteiger partial charge in [-0.05, 0) is 49.4 Å². The first kappa shape index (κ1) is 17.6. The first-order valence-electron chi connectivity index (χ1n) is 8.94. The Balaban J connectivity index is 1.78. The van der Waals surface area contributed by atoms with E-state index >= 15 is 0 Å². The lowest BCUT2D eigenvalue weighted by atomic mass is 9.73. The quantitative estimate of drug-likeness (QED) is 0.633. The second-order valence-corrected chi connectivity index (χ2v) is 7.60. The van der Waals surface area contributed by atoms with Gasteiger partial charge in [-0.3, -0.25) is 4.90 Å². The van der Waals surface area contributed by atoms with Gasteiger partial charge in [0.2, 0.25) is 0 Å². The van der Waals surface area contributed by atoms with Gasteiger partial charge in [-0.15, -0.1) is 6.58 Å². The van der Waals surface area contributed by atoms with Crippen molar-refractivity contribution in [2.45, 2.75) is 25.0 Å². The van der Waals surface area contributed by atoms with Crippen molar-refractivity contribution in [3.8, 4) is 11.5 Å². The largest absolute Gasteiger partial charge is 0.504 e. The second-order valence-electron chi connectivity index (χ2n) is 7.24. The van der Waals surface area contributed by atoms with E-state index < -0.39 is 6.10 Å². The van der Waals surface area contributed by atoms with E-state index in [1.165, 1.54) is 0 Å². The summed E-state index contributed by atoms with van der Waals surface area (Å²) in [7, 11) is 1.59. The highest BCUT2D eigenvalue weighted by Crippen LogP contribution is 2.45. The third-order valence-corrected chi connectivity index (χ3v) is 6.24. The van der Waals surface area contributed by atoms with Gasteiger partial charge in [0.15, 0.2) is 10.9 Å². The highest BCUT2D eigenvalue weighted by molar-refractivity contribution is 6.31. The van der Waals surface area contributed by atoms with Crippen molar-refractivity contribution < 1.29 is 14.9 Å². The number of benzene rings is 1. The zero-order valence-electron chi connectivity index (χ0n) is 14.7. The van der Waals surface area contributed by atoms with Gasteiger partial charge in [-0.2, -0.15) is 0 Å². The average Bonchev–Trinajstić information content (AvgIpc) is 2.68. The maximum Gasteiger partial charge on any atom is 0.171 e. The maximum absolute atomic E-state index is 11.2. The molecule has 5 atom stereocenters. The van der Waals surface area contributed by atoms with Gasteiger partial charge >= 0.3 is 0 Å². The fourth-order valence-electron chi connectivity index (χ4n) is 4.55. The summed E-state index contributed by atoms with van der Waals surface area (Å²) in [6, 6.07) is 5.32. The number of nitrogens with zero attached hydrogens (tertiary/aromatic N) is 2. The zero-order valence-corrected chi connectivity index (χ0v) is 15.5. The molecule has 0 radical (unpaired) electrons. The van der Waals surface area contributed by atoms with Crippen LogP contribution in [0, 0.1) is 11.8 Å². The smallest absolute Gasteiger partial charge is 0.171 e. The van der Waals surface area contributed by atoms with Crippen molar-refractivity contribution in [3.05, 3.63) is 41.6 Å². The monoisotopic (exact) mass is 374 g/mol. The van der Waals surface area contributed by atoms with E-state index in [0.29, 0.717) is 34.1 Å². The van der Waals surface area contributed by atoms with Crippen LogP contribution >= 0.6 is 11.6 Å². The van der Waals surface area contributed by atoms with Crippen LogP contribution in [0.2, 0.25) is 5.15 Å². The van der Waals surface area contributed by atoms with Gasteiger partial charge in [0.1, 0.15) is 5.75 Å². The Labute approximate surface area is 157 Å². The van der Waals surface area contributed by atoms with Crippen molar-refractivity contribution in [1.82, 2.24) is 9.88 Å². The topological polar surface area (TPSA) is 65.8 Å². The Hall–Kier alpha value is -1.82. The minimum atomic E-state index is -0.848. The summed E-state index contributed by atoms with van der Waals surface area (Å²) in [5.74, 6) is 1.49. The molecule has 4 heterocycles. The van der Waals surface area contributed by atoms with Crippen molar-refractivity contribution in [3.63, 3.8) is 0 Å². The number of piperidine rings is 3. The number of rotatable bonds is 4. The van der Waals surface area contributed by atoms with Gasteiger partial charge in [0, 0.05) is 23.5 Å². The van der Waals surface area contributed by atoms with Crippen molar-refractivity contribution in [2.24, 2.45) is 11.8 Å². The summed E-state index contributed by atoms with van der Waals surface area (Å²) in [4.78, 5) is 6.54. The molecule has 0 aliphatic carbocycles. The lowest BCUT2D eigenvalue weighted by molar-refractivity contribution is -0.0450. The SMILES string of the molecule is C=C[C@H]1CN2CCC1C[C@H]2[C@H](O)c1c(O)c(Cl)nc2ccc(OC)cc12. The highest BCUT2D eigenvalue weighted by atomic mass is 35.5. The molecule has 2 unspecified atom stereocenters. The van der Waals surface area contributed by atoms with Crippen LogP contribution in [0.15, 0.2) is 30.9 Å². The Morgan fingerprint density at radius 2 is 2.27 bits per heavy atom. The van der Waals surface area contributed by atoms with Gasteiger partial charge in [-0.25, -0.2) is 4.98 Å². The Morgan fingerprint density at radius 1 is 1.46 bits per heavy atom. The van der Waals surface area contributed by atoms with E-state index in [-0.39, 0.29) is 16.9 Å². The molecule has 2 N–H and O–H groups in total. The number of aliphatic hydroxyl groups is 1. The van der Waals surface area contributed by atoms with Crippen molar-refractivity contribution in [1.29, 1.82) is 0 Å². The van der Waals surface area contributed by atoms with Crippen LogP contribution in [0.4, 0.5) is 0 Å². The molecule has 1 aromatic carbocycles. The average molecular weight is 375 g/mol. The molecule has 3 fully saturated rings. The molecule has 1 aromatic heterocycles. The Morgan fingerprint density at radius 3 is 2.92 bits per heavy atom. The van der Waals surface area contributed by atoms with E-state index in [9.17, 15) is 10.2 Å². The molecule has 2 bridgehead atoms. The molecular weight excluding hydrogens is 352 g/mol. The predicted octanol–water partition coefficient (Wildman–Crippen LogP) is 3.53. The molecule has 3 aliphatic rings. The van der Waals surface area contributed by atoms with E-state index in [0.717, 1.165) is 25.9 Å². The molecule has 138 valence electrons. The molecule has 5 nitrogen and oxygen atoms in total. The number of hydrogen-bond donors (Lipinski definition) is 2. The number of methoxy groups -OCH3 is 1. The fraction of sp³-hybridized carbons (Fsp3) is 0.450. The highest BCUT2D eigenvalue weighted by Gasteiger charge is 2.43. The molecule has 0 saturated carbocycles. The summed E-state index contributed by atoms with van der Waals surface area (Å²) in [5, 5.41) is 22.5. The number of aliphatic hydroxyl groups excluding tert-OH is 1. The third kappa shape index (κ3) is 2.75. The van der Waals surface area contributed by atoms with E-state index in [1.807, 2.05) is 6.08 Å². The minimum Gasteiger partial charge on any atom is -0.504 e. The molecule has 26 heavy (non-hydrogen) atoms. The molecule has 6 heteroatoms. The number of halogens is 1. The molecule has 2 aromatic rings. The number of fused-ring (bicyclic) bond motifs is 4.